The first-order valence-corrected chi connectivity index (χ1v) is 7.25. The molecule has 0 aliphatic carbocycles. The first-order chi connectivity index (χ1) is 9.42. The van der Waals surface area contributed by atoms with Crippen LogP contribution >= 0.6 is 0 Å². The van der Waals surface area contributed by atoms with Crippen LogP contribution in [0.3, 0.4) is 0 Å². The van der Waals surface area contributed by atoms with Gasteiger partial charge in [-0.25, -0.2) is 0 Å². The topological polar surface area (TPSA) is 29.9 Å². The fraction of sp³-hybridized carbons (Fsp3) is 0.471. The lowest BCUT2D eigenvalue weighted by Crippen LogP contribution is -2.37. The second-order valence-electron chi connectivity index (χ2n) is 6.40. The normalized spacial score (nSPS) is 11.8. The molecule has 0 spiro atoms. The van der Waals surface area contributed by atoms with Gasteiger partial charge in [0.05, 0.1) is 12.2 Å². The standard InChI is InChI=1S/C17H25N3/c1-14-10-12-20(19-14)13-16-7-5-15(6-8-16)9-11-18-17(2,3)4/h5-8,10,12,18H,9,11,13H2,1-4H3. The number of hydrogen-bond acceptors (Lipinski definition) is 2. The molecular formula is C17H25N3. The third-order valence-corrected chi connectivity index (χ3v) is 3.21. The van der Waals surface area contributed by atoms with Gasteiger partial charge in [-0.1, -0.05) is 24.3 Å². The first kappa shape index (κ1) is 14.8. The summed E-state index contributed by atoms with van der Waals surface area (Å²) >= 11 is 0. The first-order valence-electron chi connectivity index (χ1n) is 7.25. The highest BCUT2D eigenvalue weighted by atomic mass is 15.3. The van der Waals surface area contributed by atoms with Crippen LogP contribution in [0.1, 0.15) is 37.6 Å². The Kier molecular flexibility index (Phi) is 4.61. The molecule has 0 saturated carbocycles. The van der Waals surface area contributed by atoms with E-state index < -0.39 is 0 Å². The van der Waals surface area contributed by atoms with Gasteiger partial charge in [-0.3, -0.25) is 4.68 Å². The zero-order valence-corrected chi connectivity index (χ0v) is 13.0. The Morgan fingerprint density at radius 2 is 1.70 bits per heavy atom. The van der Waals surface area contributed by atoms with E-state index in [1.54, 1.807) is 0 Å². The lowest BCUT2D eigenvalue weighted by Gasteiger charge is -2.20. The Balaban J connectivity index is 1.86. The molecular weight excluding hydrogens is 246 g/mol. The fourth-order valence-corrected chi connectivity index (χ4v) is 2.13. The molecule has 0 aliphatic heterocycles. The van der Waals surface area contributed by atoms with Crippen molar-refractivity contribution < 1.29 is 0 Å². The van der Waals surface area contributed by atoms with E-state index in [4.69, 9.17) is 0 Å². The number of benzene rings is 1. The quantitative estimate of drug-likeness (QED) is 0.905. The smallest absolute Gasteiger partial charge is 0.0659 e. The van der Waals surface area contributed by atoms with Gasteiger partial charge in [-0.15, -0.1) is 0 Å². The van der Waals surface area contributed by atoms with Crippen molar-refractivity contribution in [3.05, 3.63) is 53.3 Å². The molecule has 2 aromatic rings. The largest absolute Gasteiger partial charge is 0.312 e. The van der Waals surface area contributed by atoms with Crippen LogP contribution in [0.2, 0.25) is 0 Å². The van der Waals surface area contributed by atoms with E-state index in [0.717, 1.165) is 25.2 Å². The molecule has 1 heterocycles. The predicted octanol–water partition coefficient (Wildman–Crippen LogP) is 3.17. The Hall–Kier alpha value is -1.61. The van der Waals surface area contributed by atoms with Crippen molar-refractivity contribution in [2.45, 2.75) is 46.2 Å². The van der Waals surface area contributed by atoms with E-state index in [-0.39, 0.29) is 5.54 Å². The molecule has 108 valence electrons. The molecule has 0 amide bonds. The van der Waals surface area contributed by atoms with Gasteiger partial charge < -0.3 is 5.32 Å². The van der Waals surface area contributed by atoms with Gasteiger partial charge in [0.1, 0.15) is 0 Å². The van der Waals surface area contributed by atoms with Gasteiger partial charge in [-0.05, 0) is 57.9 Å². The van der Waals surface area contributed by atoms with E-state index in [1.165, 1.54) is 11.1 Å². The summed E-state index contributed by atoms with van der Waals surface area (Å²) in [5.74, 6) is 0. The molecule has 3 nitrogen and oxygen atoms in total. The number of rotatable bonds is 5. The molecule has 20 heavy (non-hydrogen) atoms. The minimum absolute atomic E-state index is 0.192. The SMILES string of the molecule is Cc1ccn(Cc2ccc(CCNC(C)(C)C)cc2)n1. The molecule has 1 aromatic heterocycles. The summed E-state index contributed by atoms with van der Waals surface area (Å²) in [4.78, 5) is 0. The summed E-state index contributed by atoms with van der Waals surface area (Å²) < 4.78 is 1.98. The van der Waals surface area contributed by atoms with Crippen molar-refractivity contribution in [3.8, 4) is 0 Å². The van der Waals surface area contributed by atoms with Crippen LogP contribution in [-0.2, 0) is 13.0 Å². The summed E-state index contributed by atoms with van der Waals surface area (Å²) in [7, 11) is 0. The number of nitrogens with zero attached hydrogens (tertiary/aromatic N) is 2. The van der Waals surface area contributed by atoms with Crippen molar-refractivity contribution in [1.29, 1.82) is 0 Å². The van der Waals surface area contributed by atoms with Gasteiger partial charge in [0.2, 0.25) is 0 Å². The number of hydrogen-bond donors (Lipinski definition) is 1. The Morgan fingerprint density at radius 3 is 2.25 bits per heavy atom. The minimum Gasteiger partial charge on any atom is -0.312 e. The van der Waals surface area contributed by atoms with E-state index in [2.05, 4.69) is 55.5 Å². The average Bonchev–Trinajstić information content (AvgIpc) is 2.75. The average molecular weight is 271 g/mol. The lowest BCUT2D eigenvalue weighted by atomic mass is 10.1. The highest BCUT2D eigenvalue weighted by Gasteiger charge is 2.07. The van der Waals surface area contributed by atoms with Crippen molar-refractivity contribution in [1.82, 2.24) is 15.1 Å². The molecule has 0 saturated heterocycles. The van der Waals surface area contributed by atoms with E-state index >= 15 is 0 Å². The van der Waals surface area contributed by atoms with Crippen LogP contribution < -0.4 is 5.32 Å². The molecule has 1 N–H and O–H groups in total. The Labute approximate surface area is 122 Å². The second kappa shape index (κ2) is 6.23. The molecule has 0 atom stereocenters. The monoisotopic (exact) mass is 271 g/mol. The second-order valence-corrected chi connectivity index (χ2v) is 6.40. The molecule has 0 bridgehead atoms. The zero-order valence-electron chi connectivity index (χ0n) is 13.0. The molecule has 0 unspecified atom stereocenters. The number of aromatic nitrogens is 2. The van der Waals surface area contributed by atoms with Crippen molar-refractivity contribution in [2.75, 3.05) is 6.54 Å². The maximum Gasteiger partial charge on any atom is 0.0659 e. The molecule has 0 fully saturated rings. The van der Waals surface area contributed by atoms with Crippen molar-refractivity contribution in [2.24, 2.45) is 0 Å². The maximum atomic E-state index is 4.41. The molecule has 1 aromatic carbocycles. The fourth-order valence-electron chi connectivity index (χ4n) is 2.13. The highest BCUT2D eigenvalue weighted by molar-refractivity contribution is 5.23. The minimum atomic E-state index is 0.192. The van der Waals surface area contributed by atoms with Gasteiger partial charge >= 0.3 is 0 Å². The summed E-state index contributed by atoms with van der Waals surface area (Å²) in [6.45, 7) is 10.5. The summed E-state index contributed by atoms with van der Waals surface area (Å²) in [5.41, 5.74) is 3.93. The predicted molar refractivity (Wildman–Crippen MR) is 84.0 cm³/mol. The molecule has 2 rings (SSSR count). The van der Waals surface area contributed by atoms with Gasteiger partial charge in [0.25, 0.3) is 0 Å². The Morgan fingerprint density at radius 1 is 1.05 bits per heavy atom. The molecule has 0 radical (unpaired) electrons. The molecule has 0 aliphatic rings. The van der Waals surface area contributed by atoms with Crippen LogP contribution in [-0.4, -0.2) is 21.9 Å². The maximum absolute atomic E-state index is 4.41. The van der Waals surface area contributed by atoms with Crippen LogP contribution in [0, 0.1) is 6.92 Å². The van der Waals surface area contributed by atoms with E-state index in [9.17, 15) is 0 Å². The van der Waals surface area contributed by atoms with Crippen LogP contribution in [0.4, 0.5) is 0 Å². The molecule has 3 heteroatoms. The zero-order chi connectivity index (χ0) is 14.6. The number of nitrogens with one attached hydrogen (secondary N) is 1. The van der Waals surface area contributed by atoms with Crippen LogP contribution in [0.5, 0.6) is 0 Å². The number of aryl methyl sites for hydroxylation is 1. The summed E-state index contributed by atoms with van der Waals surface area (Å²) in [6, 6.07) is 10.9. The van der Waals surface area contributed by atoms with Crippen molar-refractivity contribution >= 4 is 0 Å². The summed E-state index contributed by atoms with van der Waals surface area (Å²) in [6.07, 6.45) is 3.09. The van der Waals surface area contributed by atoms with Crippen molar-refractivity contribution in [3.63, 3.8) is 0 Å². The van der Waals surface area contributed by atoms with Crippen LogP contribution in [0.25, 0.3) is 0 Å². The lowest BCUT2D eigenvalue weighted by molar-refractivity contribution is 0.429. The van der Waals surface area contributed by atoms with Gasteiger partial charge in [0, 0.05) is 11.7 Å². The Bertz CT molecular complexity index is 532. The van der Waals surface area contributed by atoms with E-state index in [1.807, 2.05) is 23.9 Å². The third-order valence-electron chi connectivity index (χ3n) is 3.21. The van der Waals surface area contributed by atoms with Crippen LogP contribution in [0.15, 0.2) is 36.5 Å². The van der Waals surface area contributed by atoms with E-state index in [0.29, 0.717) is 0 Å². The summed E-state index contributed by atoms with van der Waals surface area (Å²) in [5, 5.41) is 7.93. The van der Waals surface area contributed by atoms with Gasteiger partial charge in [0.15, 0.2) is 0 Å². The third kappa shape index (κ3) is 4.82. The van der Waals surface area contributed by atoms with Gasteiger partial charge in [-0.2, -0.15) is 5.10 Å². The highest BCUT2D eigenvalue weighted by Crippen LogP contribution is 2.08.